The molecule has 104 valence electrons. The van der Waals surface area contributed by atoms with Gasteiger partial charge in [-0.15, -0.1) is 0 Å². The molecule has 0 aromatic carbocycles. The molecule has 1 aliphatic carbocycles. The molecule has 3 N–H and O–H groups in total. The predicted molar refractivity (Wildman–Crippen MR) is 73.2 cm³/mol. The minimum absolute atomic E-state index is 0.241. The van der Waals surface area contributed by atoms with Crippen LogP contribution in [0.3, 0.4) is 0 Å². The minimum atomic E-state index is 0.241. The van der Waals surface area contributed by atoms with Crippen molar-refractivity contribution in [2.24, 2.45) is 17.6 Å². The quantitative estimate of drug-likeness (QED) is 0.784. The van der Waals surface area contributed by atoms with Crippen LogP contribution in [0.1, 0.15) is 38.5 Å². The van der Waals surface area contributed by atoms with E-state index in [0.717, 1.165) is 38.8 Å². The molecule has 18 heavy (non-hydrogen) atoms. The molecule has 1 saturated heterocycles. The van der Waals surface area contributed by atoms with E-state index in [1.807, 2.05) is 0 Å². The van der Waals surface area contributed by atoms with Gasteiger partial charge in [-0.2, -0.15) is 0 Å². The molecule has 0 bridgehead atoms. The molecular formula is C14H27N3O. The van der Waals surface area contributed by atoms with Gasteiger partial charge in [0.1, 0.15) is 0 Å². The van der Waals surface area contributed by atoms with Crippen LogP contribution >= 0.6 is 0 Å². The number of nitrogens with two attached hydrogens (primary N) is 1. The fraction of sp³-hybridized carbons (Fsp3) is 0.929. The topological polar surface area (TPSA) is 58.4 Å². The molecule has 2 rings (SSSR count). The molecule has 0 aromatic heterocycles. The number of carbonyl (C=O) groups excluding carboxylic acids is 1. The lowest BCUT2D eigenvalue weighted by atomic mass is 9.84. The average molecular weight is 253 g/mol. The van der Waals surface area contributed by atoms with Crippen molar-refractivity contribution in [2.75, 3.05) is 26.7 Å². The Labute approximate surface area is 110 Å². The second kappa shape index (κ2) is 6.53. The SMILES string of the molecule is CN1CCC(CNC(=O)CC2CCC(N)CC2)C1. The first-order valence-electron chi connectivity index (χ1n) is 7.34. The van der Waals surface area contributed by atoms with Crippen molar-refractivity contribution in [3.05, 3.63) is 0 Å². The Morgan fingerprint density at radius 2 is 1.94 bits per heavy atom. The van der Waals surface area contributed by atoms with Crippen LogP contribution in [0.15, 0.2) is 0 Å². The minimum Gasteiger partial charge on any atom is -0.356 e. The normalized spacial score (nSPS) is 33.6. The van der Waals surface area contributed by atoms with Crippen LogP contribution in [0.5, 0.6) is 0 Å². The summed E-state index contributed by atoms with van der Waals surface area (Å²) in [7, 11) is 2.15. The number of hydrogen-bond acceptors (Lipinski definition) is 3. The van der Waals surface area contributed by atoms with Gasteiger partial charge in [0.15, 0.2) is 0 Å². The van der Waals surface area contributed by atoms with Gasteiger partial charge in [-0.05, 0) is 57.5 Å². The third-order valence-electron chi connectivity index (χ3n) is 4.44. The van der Waals surface area contributed by atoms with Crippen molar-refractivity contribution in [1.82, 2.24) is 10.2 Å². The zero-order chi connectivity index (χ0) is 13.0. The number of carbonyl (C=O) groups is 1. The first-order valence-corrected chi connectivity index (χ1v) is 7.34. The van der Waals surface area contributed by atoms with Crippen molar-refractivity contribution >= 4 is 5.91 Å². The molecule has 2 aliphatic rings. The maximum Gasteiger partial charge on any atom is 0.220 e. The summed E-state index contributed by atoms with van der Waals surface area (Å²) < 4.78 is 0. The second-order valence-electron chi connectivity index (χ2n) is 6.21. The Morgan fingerprint density at radius 3 is 2.56 bits per heavy atom. The van der Waals surface area contributed by atoms with E-state index in [1.54, 1.807) is 0 Å². The van der Waals surface area contributed by atoms with E-state index in [4.69, 9.17) is 5.73 Å². The zero-order valence-corrected chi connectivity index (χ0v) is 11.5. The molecule has 4 heteroatoms. The van der Waals surface area contributed by atoms with E-state index in [0.29, 0.717) is 24.3 Å². The van der Waals surface area contributed by atoms with Crippen molar-refractivity contribution < 1.29 is 4.79 Å². The van der Waals surface area contributed by atoms with Gasteiger partial charge in [-0.3, -0.25) is 4.79 Å². The first kappa shape index (κ1) is 13.8. The van der Waals surface area contributed by atoms with Gasteiger partial charge in [-0.25, -0.2) is 0 Å². The lowest BCUT2D eigenvalue weighted by molar-refractivity contribution is -0.122. The van der Waals surface area contributed by atoms with Gasteiger partial charge >= 0.3 is 0 Å². The Balaban J connectivity index is 1.60. The summed E-state index contributed by atoms with van der Waals surface area (Å²) >= 11 is 0. The highest BCUT2D eigenvalue weighted by Gasteiger charge is 2.23. The molecule has 4 nitrogen and oxygen atoms in total. The lowest BCUT2D eigenvalue weighted by Crippen LogP contribution is -2.33. The van der Waals surface area contributed by atoms with Gasteiger partial charge < -0.3 is 16.0 Å². The van der Waals surface area contributed by atoms with E-state index in [2.05, 4.69) is 17.3 Å². The van der Waals surface area contributed by atoms with Gasteiger partial charge in [0.05, 0.1) is 0 Å². The molecule has 1 amide bonds. The highest BCUT2D eigenvalue weighted by atomic mass is 16.1. The Hall–Kier alpha value is -0.610. The fourth-order valence-electron chi connectivity index (χ4n) is 3.18. The standard InChI is InChI=1S/C14H27N3O/c1-17-7-6-12(10-17)9-16-14(18)8-11-2-4-13(15)5-3-11/h11-13H,2-10,15H2,1H3,(H,16,18). The van der Waals surface area contributed by atoms with Crippen LogP contribution in [0.2, 0.25) is 0 Å². The number of nitrogens with one attached hydrogen (secondary N) is 1. The fourth-order valence-corrected chi connectivity index (χ4v) is 3.18. The van der Waals surface area contributed by atoms with Crippen LogP contribution in [0.25, 0.3) is 0 Å². The Kier molecular flexibility index (Phi) is 5.01. The molecule has 0 aromatic rings. The highest BCUT2D eigenvalue weighted by Crippen LogP contribution is 2.25. The summed E-state index contributed by atoms with van der Waals surface area (Å²) in [4.78, 5) is 14.2. The van der Waals surface area contributed by atoms with Crippen molar-refractivity contribution in [2.45, 2.75) is 44.6 Å². The van der Waals surface area contributed by atoms with Crippen molar-refractivity contribution in [1.29, 1.82) is 0 Å². The van der Waals surface area contributed by atoms with Gasteiger partial charge in [0.2, 0.25) is 5.91 Å². The maximum atomic E-state index is 11.9. The number of amides is 1. The number of rotatable bonds is 4. The molecule has 0 spiro atoms. The third kappa shape index (κ3) is 4.25. The number of nitrogens with zero attached hydrogens (tertiary/aromatic N) is 1. The molecule has 2 fully saturated rings. The Morgan fingerprint density at radius 1 is 1.22 bits per heavy atom. The summed E-state index contributed by atoms with van der Waals surface area (Å²) in [5.74, 6) is 1.46. The summed E-state index contributed by atoms with van der Waals surface area (Å²) in [5.41, 5.74) is 5.88. The number of hydrogen-bond donors (Lipinski definition) is 2. The molecular weight excluding hydrogens is 226 g/mol. The van der Waals surface area contributed by atoms with E-state index < -0.39 is 0 Å². The summed E-state index contributed by atoms with van der Waals surface area (Å²) in [6, 6.07) is 0.373. The van der Waals surface area contributed by atoms with E-state index in [9.17, 15) is 4.79 Å². The molecule has 1 unspecified atom stereocenters. The highest BCUT2D eigenvalue weighted by molar-refractivity contribution is 5.76. The van der Waals surface area contributed by atoms with E-state index in [1.165, 1.54) is 13.0 Å². The number of likely N-dealkylation sites (tertiary alicyclic amines) is 1. The first-order chi connectivity index (χ1) is 8.63. The zero-order valence-electron chi connectivity index (χ0n) is 11.5. The molecule has 1 atom stereocenters. The van der Waals surface area contributed by atoms with Crippen LogP contribution in [-0.2, 0) is 4.79 Å². The largest absolute Gasteiger partial charge is 0.356 e. The molecule has 1 saturated carbocycles. The van der Waals surface area contributed by atoms with Crippen LogP contribution in [0.4, 0.5) is 0 Å². The predicted octanol–water partition coefficient (Wildman–Crippen LogP) is 0.962. The lowest BCUT2D eigenvalue weighted by Gasteiger charge is -2.25. The van der Waals surface area contributed by atoms with Crippen LogP contribution in [0, 0.1) is 11.8 Å². The van der Waals surface area contributed by atoms with Gasteiger partial charge in [0, 0.05) is 25.6 Å². The van der Waals surface area contributed by atoms with Crippen LogP contribution in [-0.4, -0.2) is 43.5 Å². The molecule has 1 aliphatic heterocycles. The summed E-state index contributed by atoms with van der Waals surface area (Å²) in [6.07, 6.45) is 6.35. The monoisotopic (exact) mass is 253 g/mol. The van der Waals surface area contributed by atoms with Gasteiger partial charge in [0.25, 0.3) is 0 Å². The van der Waals surface area contributed by atoms with E-state index in [-0.39, 0.29) is 5.91 Å². The molecule has 1 heterocycles. The summed E-state index contributed by atoms with van der Waals surface area (Å²) in [5, 5.41) is 3.11. The average Bonchev–Trinajstić information content (AvgIpc) is 2.76. The smallest absolute Gasteiger partial charge is 0.220 e. The van der Waals surface area contributed by atoms with E-state index >= 15 is 0 Å². The van der Waals surface area contributed by atoms with Crippen molar-refractivity contribution in [3.63, 3.8) is 0 Å². The van der Waals surface area contributed by atoms with Gasteiger partial charge in [-0.1, -0.05) is 0 Å². The third-order valence-corrected chi connectivity index (χ3v) is 4.44. The Bertz CT molecular complexity index is 274. The second-order valence-corrected chi connectivity index (χ2v) is 6.21. The van der Waals surface area contributed by atoms with Crippen molar-refractivity contribution in [3.8, 4) is 0 Å². The van der Waals surface area contributed by atoms with Crippen LogP contribution < -0.4 is 11.1 Å². The summed E-state index contributed by atoms with van der Waals surface area (Å²) in [6.45, 7) is 3.15. The molecule has 0 radical (unpaired) electrons. The maximum absolute atomic E-state index is 11.9.